The second-order valence-electron chi connectivity index (χ2n) is 7.78. The zero-order valence-electron chi connectivity index (χ0n) is 18.0. The third-order valence-corrected chi connectivity index (χ3v) is 7.05. The highest BCUT2D eigenvalue weighted by atomic mass is 32.2. The average Bonchev–Trinajstić information content (AvgIpc) is 3.38. The van der Waals surface area contributed by atoms with Gasteiger partial charge in [-0.2, -0.15) is 0 Å². The van der Waals surface area contributed by atoms with E-state index in [4.69, 9.17) is 9.15 Å². The number of carbonyl (C=O) groups excluding carboxylic acids is 2. The van der Waals surface area contributed by atoms with Crippen molar-refractivity contribution in [1.29, 1.82) is 0 Å². The summed E-state index contributed by atoms with van der Waals surface area (Å²) in [5, 5.41) is 0. The number of aryl methyl sites for hydroxylation is 1. The second kappa shape index (κ2) is 10.7. The fourth-order valence-corrected chi connectivity index (χ4v) is 5.27. The summed E-state index contributed by atoms with van der Waals surface area (Å²) in [4.78, 5) is 30.3. The number of nitrogens with zero attached hydrogens (tertiary/aromatic N) is 2. The van der Waals surface area contributed by atoms with E-state index in [9.17, 15) is 22.4 Å². The fraction of sp³-hybridized carbons (Fsp3) is 0.500. The molecule has 0 bridgehead atoms. The summed E-state index contributed by atoms with van der Waals surface area (Å²) in [6.07, 6.45) is 3.68. The number of halogens is 1. The van der Waals surface area contributed by atoms with E-state index in [1.807, 2.05) is 6.92 Å². The molecule has 2 aromatic rings. The van der Waals surface area contributed by atoms with Crippen LogP contribution < -0.4 is 0 Å². The molecule has 2 heterocycles. The van der Waals surface area contributed by atoms with Crippen molar-refractivity contribution in [3.63, 3.8) is 0 Å². The van der Waals surface area contributed by atoms with E-state index in [0.29, 0.717) is 30.2 Å². The SMILES string of the molecule is CCCCN(C(=O)COC(=O)CCc1ncc(-c2ccc(F)cc2)o1)C1CCS(=O)(=O)C1. The molecular formula is C22H27FN2O6S. The van der Waals surface area contributed by atoms with Crippen molar-refractivity contribution < 1.29 is 31.6 Å². The van der Waals surface area contributed by atoms with Crippen molar-refractivity contribution in [2.75, 3.05) is 24.7 Å². The molecule has 1 unspecified atom stereocenters. The number of hydrogen-bond acceptors (Lipinski definition) is 7. The van der Waals surface area contributed by atoms with Gasteiger partial charge in [0.05, 0.1) is 24.1 Å². The molecule has 0 aliphatic carbocycles. The van der Waals surface area contributed by atoms with E-state index in [1.54, 1.807) is 12.1 Å². The van der Waals surface area contributed by atoms with Crippen LogP contribution in [0, 0.1) is 5.82 Å². The van der Waals surface area contributed by atoms with Crippen LogP contribution in [0.3, 0.4) is 0 Å². The Morgan fingerprint density at radius 3 is 2.69 bits per heavy atom. The number of aromatic nitrogens is 1. The molecule has 1 atom stereocenters. The normalized spacial score (nSPS) is 17.2. The number of oxazole rings is 1. The predicted octanol–water partition coefficient (Wildman–Crippen LogP) is 2.77. The predicted molar refractivity (Wildman–Crippen MR) is 115 cm³/mol. The van der Waals surface area contributed by atoms with Crippen molar-refractivity contribution in [3.05, 3.63) is 42.2 Å². The minimum atomic E-state index is -3.13. The summed E-state index contributed by atoms with van der Waals surface area (Å²) in [6.45, 7) is 2.00. The number of carbonyl (C=O) groups is 2. The lowest BCUT2D eigenvalue weighted by molar-refractivity contribution is -0.152. The minimum Gasteiger partial charge on any atom is -0.456 e. The molecule has 10 heteroatoms. The number of amides is 1. The van der Waals surface area contributed by atoms with E-state index in [-0.39, 0.29) is 42.1 Å². The fourth-order valence-electron chi connectivity index (χ4n) is 3.54. The highest BCUT2D eigenvalue weighted by molar-refractivity contribution is 7.91. The van der Waals surface area contributed by atoms with Crippen molar-refractivity contribution >= 4 is 21.7 Å². The number of esters is 1. The molecule has 1 aromatic heterocycles. The van der Waals surface area contributed by atoms with Crippen LogP contribution in [0.4, 0.5) is 4.39 Å². The van der Waals surface area contributed by atoms with Gasteiger partial charge in [-0.25, -0.2) is 17.8 Å². The van der Waals surface area contributed by atoms with Gasteiger partial charge in [-0.15, -0.1) is 0 Å². The molecule has 1 saturated heterocycles. The third-order valence-electron chi connectivity index (χ3n) is 5.30. The van der Waals surface area contributed by atoms with Crippen LogP contribution in [0.25, 0.3) is 11.3 Å². The smallest absolute Gasteiger partial charge is 0.306 e. The van der Waals surface area contributed by atoms with Crippen LogP contribution >= 0.6 is 0 Å². The lowest BCUT2D eigenvalue weighted by atomic mass is 10.2. The van der Waals surface area contributed by atoms with E-state index in [1.165, 1.54) is 23.2 Å². The van der Waals surface area contributed by atoms with Gasteiger partial charge in [0.15, 0.2) is 28.1 Å². The van der Waals surface area contributed by atoms with Crippen LogP contribution in [0.2, 0.25) is 0 Å². The highest BCUT2D eigenvalue weighted by Crippen LogP contribution is 2.21. The van der Waals surface area contributed by atoms with Gasteiger partial charge in [0.25, 0.3) is 5.91 Å². The van der Waals surface area contributed by atoms with Crippen LogP contribution in [0.5, 0.6) is 0 Å². The number of ether oxygens (including phenoxy) is 1. The number of rotatable bonds is 10. The number of unbranched alkanes of at least 4 members (excludes halogenated alkanes) is 1. The number of sulfone groups is 1. The molecule has 0 saturated carbocycles. The Morgan fingerprint density at radius 2 is 2.03 bits per heavy atom. The van der Waals surface area contributed by atoms with Gasteiger partial charge in [-0.3, -0.25) is 9.59 Å². The maximum absolute atomic E-state index is 13.0. The molecule has 1 amide bonds. The summed E-state index contributed by atoms with van der Waals surface area (Å²) < 4.78 is 47.3. The summed E-state index contributed by atoms with van der Waals surface area (Å²) in [5.41, 5.74) is 0.666. The first kappa shape index (κ1) is 23.9. The maximum Gasteiger partial charge on any atom is 0.306 e. The Hall–Kier alpha value is -2.75. The molecule has 1 aliphatic heterocycles. The number of benzene rings is 1. The van der Waals surface area contributed by atoms with Crippen LogP contribution in [-0.4, -0.2) is 60.9 Å². The molecule has 0 N–H and O–H groups in total. The molecule has 174 valence electrons. The Labute approximate surface area is 186 Å². The van der Waals surface area contributed by atoms with Gasteiger partial charge in [0, 0.05) is 24.6 Å². The molecule has 0 radical (unpaired) electrons. The van der Waals surface area contributed by atoms with Gasteiger partial charge >= 0.3 is 5.97 Å². The third kappa shape index (κ3) is 6.62. The lowest BCUT2D eigenvalue weighted by Crippen LogP contribution is -2.43. The van der Waals surface area contributed by atoms with Crippen molar-refractivity contribution in [2.45, 2.75) is 45.1 Å². The molecular weight excluding hydrogens is 439 g/mol. The Morgan fingerprint density at radius 1 is 1.28 bits per heavy atom. The van der Waals surface area contributed by atoms with Crippen molar-refractivity contribution in [3.8, 4) is 11.3 Å². The van der Waals surface area contributed by atoms with Crippen LogP contribution in [0.15, 0.2) is 34.9 Å². The molecule has 0 spiro atoms. The van der Waals surface area contributed by atoms with Gasteiger partial charge in [0.1, 0.15) is 5.82 Å². The van der Waals surface area contributed by atoms with Crippen molar-refractivity contribution in [2.24, 2.45) is 0 Å². The molecule has 1 aromatic carbocycles. The molecule has 1 aliphatic rings. The average molecular weight is 467 g/mol. The van der Waals surface area contributed by atoms with Crippen LogP contribution in [-0.2, 0) is 30.6 Å². The molecule has 8 nitrogen and oxygen atoms in total. The Bertz CT molecular complexity index is 1030. The summed E-state index contributed by atoms with van der Waals surface area (Å²) >= 11 is 0. The highest BCUT2D eigenvalue weighted by Gasteiger charge is 2.34. The van der Waals surface area contributed by atoms with E-state index < -0.39 is 22.4 Å². The lowest BCUT2D eigenvalue weighted by Gasteiger charge is -2.28. The quantitative estimate of drug-likeness (QED) is 0.496. The first-order valence-corrected chi connectivity index (χ1v) is 12.5. The molecule has 1 fully saturated rings. The zero-order chi connectivity index (χ0) is 23.1. The first-order valence-electron chi connectivity index (χ1n) is 10.6. The second-order valence-corrected chi connectivity index (χ2v) is 10.0. The molecule has 32 heavy (non-hydrogen) atoms. The summed E-state index contributed by atoms with van der Waals surface area (Å²) in [6, 6.07) is 5.40. The van der Waals surface area contributed by atoms with E-state index in [2.05, 4.69) is 4.98 Å². The van der Waals surface area contributed by atoms with Crippen LogP contribution in [0.1, 0.15) is 38.5 Å². The molecule has 3 rings (SSSR count). The Balaban J connectivity index is 1.48. The van der Waals surface area contributed by atoms with Gasteiger partial charge in [0.2, 0.25) is 0 Å². The maximum atomic E-state index is 13.0. The zero-order valence-corrected chi connectivity index (χ0v) is 18.8. The van der Waals surface area contributed by atoms with E-state index >= 15 is 0 Å². The minimum absolute atomic E-state index is 0.0244. The Kier molecular flexibility index (Phi) is 8.00. The van der Waals surface area contributed by atoms with Gasteiger partial charge < -0.3 is 14.1 Å². The van der Waals surface area contributed by atoms with Crippen molar-refractivity contribution in [1.82, 2.24) is 9.88 Å². The first-order chi connectivity index (χ1) is 15.3. The topological polar surface area (TPSA) is 107 Å². The van der Waals surface area contributed by atoms with Gasteiger partial charge in [-0.1, -0.05) is 13.3 Å². The largest absolute Gasteiger partial charge is 0.456 e. The monoisotopic (exact) mass is 466 g/mol. The summed E-state index contributed by atoms with van der Waals surface area (Å²) in [7, 11) is -3.13. The van der Waals surface area contributed by atoms with Gasteiger partial charge in [-0.05, 0) is 37.1 Å². The number of hydrogen-bond donors (Lipinski definition) is 0. The van der Waals surface area contributed by atoms with E-state index in [0.717, 1.165) is 12.8 Å². The standard InChI is InChI=1S/C22H27FN2O6S/c1-2-3-11-25(18-10-12-32(28,29)15-18)21(26)14-30-22(27)9-8-20-24-13-19(31-20)16-4-6-17(23)7-5-16/h4-7,13,18H,2-3,8-12,14-15H2,1H3. The summed E-state index contributed by atoms with van der Waals surface area (Å²) in [5.74, 6) is -0.498.